The molecule has 0 bridgehead atoms. The first kappa shape index (κ1) is 13.3. The van der Waals surface area contributed by atoms with Gasteiger partial charge in [-0.3, -0.25) is 10.1 Å². The molecule has 0 aliphatic carbocycles. The van der Waals surface area contributed by atoms with E-state index in [4.69, 9.17) is 21.4 Å². The predicted octanol–water partition coefficient (Wildman–Crippen LogP) is 3.53. The van der Waals surface area contributed by atoms with Crippen LogP contribution in [-0.4, -0.2) is 10.0 Å². The molecule has 98 valence electrons. The quantitative estimate of drug-likeness (QED) is 0.686. The van der Waals surface area contributed by atoms with Crippen molar-refractivity contribution in [1.82, 2.24) is 0 Å². The molecule has 0 aliphatic rings. The summed E-state index contributed by atoms with van der Waals surface area (Å²) in [6.07, 6.45) is 0. The van der Waals surface area contributed by atoms with E-state index in [2.05, 4.69) is 0 Å². The molecule has 0 aromatic heterocycles. The summed E-state index contributed by atoms with van der Waals surface area (Å²) in [5.74, 6) is 0.872. The van der Waals surface area contributed by atoms with Gasteiger partial charge < -0.3 is 9.84 Å². The van der Waals surface area contributed by atoms with Crippen LogP contribution < -0.4 is 4.74 Å². The van der Waals surface area contributed by atoms with E-state index in [1.54, 1.807) is 18.2 Å². The zero-order chi connectivity index (χ0) is 13.8. The van der Waals surface area contributed by atoms with Gasteiger partial charge in [-0.2, -0.15) is 0 Å². The van der Waals surface area contributed by atoms with Gasteiger partial charge in [0.05, 0.1) is 16.6 Å². The lowest BCUT2D eigenvalue weighted by atomic mass is 10.2. The number of rotatable bonds is 4. The maximum absolute atomic E-state index is 10.5. The molecular weight excluding hydrogens is 270 g/mol. The highest BCUT2D eigenvalue weighted by Gasteiger charge is 2.07. The highest BCUT2D eigenvalue weighted by molar-refractivity contribution is 6.32. The van der Waals surface area contributed by atoms with Crippen molar-refractivity contribution in [2.45, 2.75) is 6.61 Å². The van der Waals surface area contributed by atoms with Crippen LogP contribution >= 0.6 is 11.6 Å². The minimum absolute atomic E-state index is 0.00549. The summed E-state index contributed by atoms with van der Waals surface area (Å²) >= 11 is 6.00. The van der Waals surface area contributed by atoms with Gasteiger partial charge >= 0.3 is 0 Å². The highest BCUT2D eigenvalue weighted by atomic mass is 35.5. The van der Waals surface area contributed by atoms with Crippen LogP contribution in [0.5, 0.6) is 11.5 Å². The molecule has 0 aliphatic heterocycles. The maximum Gasteiger partial charge on any atom is 0.269 e. The molecule has 0 fully saturated rings. The molecule has 2 aromatic rings. The number of hydrogen-bond donors (Lipinski definition) is 1. The number of non-ortho nitro benzene ring substituents is 1. The topological polar surface area (TPSA) is 72.6 Å². The minimum Gasteiger partial charge on any atom is -0.456 e. The van der Waals surface area contributed by atoms with Gasteiger partial charge in [0.25, 0.3) is 5.69 Å². The van der Waals surface area contributed by atoms with Gasteiger partial charge in [-0.15, -0.1) is 0 Å². The molecule has 2 rings (SSSR count). The molecule has 0 saturated carbocycles. The Kier molecular flexibility index (Phi) is 3.99. The molecule has 19 heavy (non-hydrogen) atoms. The number of aliphatic hydroxyl groups excluding tert-OH is 1. The summed E-state index contributed by atoms with van der Waals surface area (Å²) in [6, 6.07) is 10.6. The van der Waals surface area contributed by atoms with Crippen LogP contribution in [0.15, 0.2) is 42.5 Å². The van der Waals surface area contributed by atoms with Gasteiger partial charge in [0.2, 0.25) is 0 Å². The normalized spacial score (nSPS) is 10.2. The molecule has 6 heteroatoms. The van der Waals surface area contributed by atoms with Crippen LogP contribution in [-0.2, 0) is 6.61 Å². The Balaban J connectivity index is 2.19. The number of ether oxygens (including phenoxy) is 1. The molecular formula is C13H10ClNO4. The van der Waals surface area contributed by atoms with Gasteiger partial charge in [-0.05, 0) is 29.8 Å². The first-order valence-electron chi connectivity index (χ1n) is 5.42. The van der Waals surface area contributed by atoms with E-state index < -0.39 is 4.92 Å². The Morgan fingerprint density at radius 2 is 1.89 bits per heavy atom. The third-order valence-electron chi connectivity index (χ3n) is 2.45. The zero-order valence-electron chi connectivity index (χ0n) is 9.75. The molecule has 0 spiro atoms. The standard InChI is InChI=1S/C13H10ClNO4/c14-12-7-9(8-16)1-6-13(12)19-11-4-2-10(3-5-11)15(17)18/h1-7,16H,8H2. The fraction of sp³-hybridized carbons (Fsp3) is 0.0769. The third kappa shape index (κ3) is 3.21. The largest absolute Gasteiger partial charge is 0.456 e. The summed E-state index contributed by atoms with van der Waals surface area (Å²) in [5.41, 5.74) is 0.676. The number of aliphatic hydroxyl groups is 1. The summed E-state index contributed by atoms with van der Waals surface area (Å²) in [5, 5.41) is 19.8. The Morgan fingerprint density at radius 3 is 2.42 bits per heavy atom. The lowest BCUT2D eigenvalue weighted by Crippen LogP contribution is -1.90. The Labute approximate surface area is 114 Å². The number of hydrogen-bond acceptors (Lipinski definition) is 4. The monoisotopic (exact) mass is 279 g/mol. The van der Waals surface area contributed by atoms with E-state index in [0.717, 1.165) is 0 Å². The average Bonchev–Trinajstić information content (AvgIpc) is 2.41. The Morgan fingerprint density at radius 1 is 1.21 bits per heavy atom. The molecule has 0 radical (unpaired) electrons. The van der Waals surface area contributed by atoms with Gasteiger partial charge in [0.15, 0.2) is 0 Å². The summed E-state index contributed by atoms with van der Waals surface area (Å²) in [4.78, 5) is 10.0. The van der Waals surface area contributed by atoms with Gasteiger partial charge in [-0.1, -0.05) is 17.7 Å². The SMILES string of the molecule is O=[N+]([O-])c1ccc(Oc2ccc(CO)cc2Cl)cc1. The van der Waals surface area contributed by atoms with Crippen LogP contribution in [0.3, 0.4) is 0 Å². The summed E-state index contributed by atoms with van der Waals surface area (Å²) in [7, 11) is 0. The van der Waals surface area contributed by atoms with Crippen molar-refractivity contribution >= 4 is 17.3 Å². The molecule has 2 aromatic carbocycles. The van der Waals surface area contributed by atoms with Gasteiger partial charge in [0.1, 0.15) is 11.5 Å². The van der Waals surface area contributed by atoms with Crippen molar-refractivity contribution in [3.63, 3.8) is 0 Å². The van der Waals surface area contributed by atoms with Crippen molar-refractivity contribution in [3.05, 3.63) is 63.2 Å². The van der Waals surface area contributed by atoms with Crippen LogP contribution in [0.25, 0.3) is 0 Å². The maximum atomic E-state index is 10.5. The van der Waals surface area contributed by atoms with Crippen LogP contribution in [0.2, 0.25) is 5.02 Å². The van der Waals surface area contributed by atoms with Crippen molar-refractivity contribution in [3.8, 4) is 11.5 Å². The molecule has 0 unspecified atom stereocenters. The second-order valence-corrected chi connectivity index (χ2v) is 4.18. The highest BCUT2D eigenvalue weighted by Crippen LogP contribution is 2.30. The summed E-state index contributed by atoms with van der Waals surface area (Å²) in [6.45, 7) is -0.0997. The smallest absolute Gasteiger partial charge is 0.269 e. The Bertz CT molecular complexity index is 598. The van der Waals surface area contributed by atoms with Crippen LogP contribution in [0.4, 0.5) is 5.69 Å². The zero-order valence-corrected chi connectivity index (χ0v) is 10.5. The molecule has 0 atom stereocenters. The number of halogens is 1. The fourth-order valence-electron chi connectivity index (χ4n) is 1.49. The summed E-state index contributed by atoms with van der Waals surface area (Å²) < 4.78 is 5.51. The van der Waals surface area contributed by atoms with Crippen molar-refractivity contribution in [2.75, 3.05) is 0 Å². The van der Waals surface area contributed by atoms with E-state index in [1.807, 2.05) is 0 Å². The number of nitro groups is 1. The van der Waals surface area contributed by atoms with Gasteiger partial charge in [-0.25, -0.2) is 0 Å². The molecule has 5 nitrogen and oxygen atoms in total. The number of nitrogens with zero attached hydrogens (tertiary/aromatic N) is 1. The lowest BCUT2D eigenvalue weighted by molar-refractivity contribution is -0.384. The third-order valence-corrected chi connectivity index (χ3v) is 2.75. The predicted molar refractivity (Wildman–Crippen MR) is 70.5 cm³/mol. The van der Waals surface area contributed by atoms with Crippen LogP contribution in [0, 0.1) is 10.1 Å². The number of benzene rings is 2. The first-order chi connectivity index (χ1) is 9.10. The molecule has 0 heterocycles. The van der Waals surface area contributed by atoms with E-state index in [1.165, 1.54) is 24.3 Å². The number of nitro benzene ring substituents is 1. The first-order valence-corrected chi connectivity index (χ1v) is 5.79. The second kappa shape index (κ2) is 5.69. The van der Waals surface area contributed by atoms with Crippen molar-refractivity contribution < 1.29 is 14.8 Å². The fourth-order valence-corrected chi connectivity index (χ4v) is 1.73. The van der Waals surface area contributed by atoms with E-state index >= 15 is 0 Å². The lowest BCUT2D eigenvalue weighted by Gasteiger charge is -2.08. The minimum atomic E-state index is -0.479. The van der Waals surface area contributed by atoms with Crippen molar-refractivity contribution in [2.24, 2.45) is 0 Å². The second-order valence-electron chi connectivity index (χ2n) is 3.78. The van der Waals surface area contributed by atoms with Gasteiger partial charge in [0, 0.05) is 12.1 Å². The molecule has 0 amide bonds. The molecule has 1 N–H and O–H groups in total. The van der Waals surface area contributed by atoms with E-state index in [9.17, 15) is 10.1 Å². The average molecular weight is 280 g/mol. The molecule has 0 saturated heterocycles. The van der Waals surface area contributed by atoms with Crippen molar-refractivity contribution in [1.29, 1.82) is 0 Å². The van der Waals surface area contributed by atoms with Crippen LogP contribution in [0.1, 0.15) is 5.56 Å². The van der Waals surface area contributed by atoms with E-state index in [-0.39, 0.29) is 12.3 Å². The Hall–Kier alpha value is -2.11. The van der Waals surface area contributed by atoms with E-state index in [0.29, 0.717) is 22.1 Å².